The van der Waals surface area contributed by atoms with E-state index in [4.69, 9.17) is 5.73 Å². The van der Waals surface area contributed by atoms with Gasteiger partial charge in [-0.25, -0.2) is 0 Å². The van der Waals surface area contributed by atoms with E-state index < -0.39 is 6.04 Å². The lowest BCUT2D eigenvalue weighted by Gasteiger charge is -2.21. The van der Waals surface area contributed by atoms with Gasteiger partial charge in [0.25, 0.3) is 0 Å². The maximum absolute atomic E-state index is 11.9. The molecule has 2 aromatic carbocycles. The van der Waals surface area contributed by atoms with E-state index in [1.165, 1.54) is 11.3 Å². The number of rotatable bonds is 4. The van der Waals surface area contributed by atoms with Crippen molar-refractivity contribution in [2.75, 3.05) is 16.8 Å². The zero-order chi connectivity index (χ0) is 15.5. The third kappa shape index (κ3) is 2.97. The molecule has 4 nitrogen and oxygen atoms in total. The van der Waals surface area contributed by atoms with Crippen molar-refractivity contribution in [3.8, 4) is 0 Å². The number of nitrogens with two attached hydrogens (primary N) is 1. The van der Waals surface area contributed by atoms with Gasteiger partial charge in [0.2, 0.25) is 5.91 Å². The number of nitrogens with zero attached hydrogens (tertiary/aromatic N) is 1. The summed E-state index contributed by atoms with van der Waals surface area (Å²) in [4.78, 5) is 14.2. The molecule has 0 fully saturated rings. The fraction of sp³-hybridized carbons (Fsp3) is 0.278. The topological polar surface area (TPSA) is 58.4 Å². The molecule has 0 aliphatic carbocycles. The number of fused-ring (bicyclic) bond motifs is 1. The smallest absolute Gasteiger partial charge is 0.241 e. The molecular weight excluding hydrogens is 274 g/mol. The van der Waals surface area contributed by atoms with Crippen LogP contribution in [0.4, 0.5) is 11.4 Å². The van der Waals surface area contributed by atoms with Crippen molar-refractivity contribution in [1.82, 2.24) is 0 Å². The summed E-state index contributed by atoms with van der Waals surface area (Å²) in [6.07, 6.45) is 1.07. The standard InChI is InChI=1S/C18H21N3O/c1-13(19)18(22)20-16-8-4-2-7-15(16)12-21-11-10-14-6-3-5-9-17(14)21/h2-9,13H,10-12,19H2,1H3,(H,20,22). The third-order valence-electron chi connectivity index (χ3n) is 4.03. The van der Waals surface area contributed by atoms with Crippen LogP contribution in [0.15, 0.2) is 48.5 Å². The molecule has 1 atom stereocenters. The van der Waals surface area contributed by atoms with E-state index >= 15 is 0 Å². The van der Waals surface area contributed by atoms with Gasteiger partial charge in [0.1, 0.15) is 0 Å². The van der Waals surface area contributed by atoms with Crippen LogP contribution in [0, 0.1) is 0 Å². The quantitative estimate of drug-likeness (QED) is 0.911. The van der Waals surface area contributed by atoms with Crippen LogP contribution in [0.5, 0.6) is 0 Å². The van der Waals surface area contributed by atoms with E-state index in [1.54, 1.807) is 6.92 Å². The van der Waals surface area contributed by atoms with E-state index in [0.29, 0.717) is 0 Å². The van der Waals surface area contributed by atoms with Gasteiger partial charge in [-0.3, -0.25) is 4.79 Å². The first-order valence-electron chi connectivity index (χ1n) is 7.62. The summed E-state index contributed by atoms with van der Waals surface area (Å²) in [5.74, 6) is -0.158. The van der Waals surface area contributed by atoms with Crippen molar-refractivity contribution < 1.29 is 4.79 Å². The first-order valence-corrected chi connectivity index (χ1v) is 7.62. The van der Waals surface area contributed by atoms with Gasteiger partial charge >= 0.3 is 0 Å². The predicted octanol–water partition coefficient (Wildman–Crippen LogP) is 2.54. The second-order valence-corrected chi connectivity index (χ2v) is 5.74. The minimum absolute atomic E-state index is 0.158. The van der Waals surface area contributed by atoms with Gasteiger partial charge in [-0.1, -0.05) is 36.4 Å². The molecule has 1 aliphatic heterocycles. The number of carbonyl (C=O) groups is 1. The Balaban J connectivity index is 1.80. The number of amides is 1. The average Bonchev–Trinajstić information content (AvgIpc) is 2.92. The van der Waals surface area contributed by atoms with E-state index in [0.717, 1.165) is 30.8 Å². The van der Waals surface area contributed by atoms with Gasteiger partial charge in [0.05, 0.1) is 6.04 Å². The van der Waals surface area contributed by atoms with Gasteiger partial charge in [-0.15, -0.1) is 0 Å². The zero-order valence-corrected chi connectivity index (χ0v) is 12.8. The van der Waals surface area contributed by atoms with Gasteiger partial charge in [-0.05, 0) is 36.6 Å². The molecule has 2 aromatic rings. The highest BCUT2D eigenvalue weighted by Crippen LogP contribution is 2.30. The fourth-order valence-electron chi connectivity index (χ4n) is 2.80. The number of hydrogen-bond donors (Lipinski definition) is 2. The Kier molecular flexibility index (Phi) is 4.11. The molecule has 0 aromatic heterocycles. The Morgan fingerprint density at radius 2 is 1.95 bits per heavy atom. The highest BCUT2D eigenvalue weighted by atomic mass is 16.2. The second-order valence-electron chi connectivity index (χ2n) is 5.74. The van der Waals surface area contributed by atoms with Crippen LogP contribution >= 0.6 is 0 Å². The van der Waals surface area contributed by atoms with Gasteiger partial charge in [0.15, 0.2) is 0 Å². The second kappa shape index (κ2) is 6.20. The molecule has 0 saturated heterocycles. The molecule has 1 amide bonds. The summed E-state index contributed by atoms with van der Waals surface area (Å²) in [5, 5.41) is 2.92. The van der Waals surface area contributed by atoms with Crippen LogP contribution in [0.1, 0.15) is 18.1 Å². The summed E-state index contributed by atoms with van der Waals surface area (Å²) < 4.78 is 0. The largest absolute Gasteiger partial charge is 0.367 e. The summed E-state index contributed by atoms with van der Waals surface area (Å²) in [6, 6.07) is 15.9. The van der Waals surface area contributed by atoms with E-state index in [-0.39, 0.29) is 5.91 Å². The highest BCUT2D eigenvalue weighted by molar-refractivity contribution is 5.95. The Morgan fingerprint density at radius 1 is 1.23 bits per heavy atom. The number of nitrogens with one attached hydrogen (secondary N) is 1. The number of anilines is 2. The Morgan fingerprint density at radius 3 is 2.77 bits per heavy atom. The molecule has 1 aliphatic rings. The van der Waals surface area contributed by atoms with Gasteiger partial charge in [0, 0.05) is 24.5 Å². The summed E-state index contributed by atoms with van der Waals surface area (Å²) >= 11 is 0. The molecule has 0 bridgehead atoms. The predicted molar refractivity (Wildman–Crippen MR) is 89.9 cm³/mol. The van der Waals surface area contributed by atoms with Crippen molar-refractivity contribution >= 4 is 17.3 Å². The van der Waals surface area contributed by atoms with Gasteiger partial charge in [-0.2, -0.15) is 0 Å². The maximum atomic E-state index is 11.9. The molecule has 1 unspecified atom stereocenters. The van der Waals surface area contributed by atoms with Gasteiger partial charge < -0.3 is 16.0 Å². The number of para-hydroxylation sites is 2. The van der Waals surface area contributed by atoms with Crippen LogP contribution in [0.25, 0.3) is 0 Å². The summed E-state index contributed by atoms with van der Waals surface area (Å²) in [7, 11) is 0. The first-order chi connectivity index (χ1) is 10.6. The Labute approximate surface area is 130 Å². The molecule has 0 saturated carbocycles. The van der Waals surface area contributed by atoms with Crippen LogP contribution in [0.2, 0.25) is 0 Å². The fourth-order valence-corrected chi connectivity index (χ4v) is 2.80. The van der Waals surface area contributed by atoms with Crippen molar-refractivity contribution in [3.05, 3.63) is 59.7 Å². The molecule has 3 N–H and O–H groups in total. The molecule has 114 valence electrons. The number of hydrogen-bond acceptors (Lipinski definition) is 3. The normalized spacial score (nSPS) is 14.5. The van der Waals surface area contributed by atoms with Crippen molar-refractivity contribution in [2.45, 2.75) is 25.9 Å². The lowest BCUT2D eigenvalue weighted by molar-refractivity contribution is -0.117. The lowest BCUT2D eigenvalue weighted by Crippen LogP contribution is -2.33. The molecular formula is C18H21N3O. The average molecular weight is 295 g/mol. The van der Waals surface area contributed by atoms with Crippen LogP contribution in [-0.4, -0.2) is 18.5 Å². The summed E-state index contributed by atoms with van der Waals surface area (Å²) in [6.45, 7) is 3.48. The van der Waals surface area contributed by atoms with Crippen molar-refractivity contribution in [3.63, 3.8) is 0 Å². The van der Waals surface area contributed by atoms with Crippen LogP contribution in [-0.2, 0) is 17.8 Å². The summed E-state index contributed by atoms with van der Waals surface area (Å²) in [5.41, 5.74) is 10.3. The minimum Gasteiger partial charge on any atom is -0.367 e. The molecule has 0 radical (unpaired) electrons. The monoisotopic (exact) mass is 295 g/mol. The van der Waals surface area contributed by atoms with E-state index in [9.17, 15) is 4.79 Å². The molecule has 1 heterocycles. The number of benzene rings is 2. The van der Waals surface area contributed by atoms with Crippen molar-refractivity contribution in [2.24, 2.45) is 5.73 Å². The zero-order valence-electron chi connectivity index (χ0n) is 12.8. The SMILES string of the molecule is CC(N)C(=O)Nc1ccccc1CN1CCc2ccccc21. The Bertz CT molecular complexity index is 682. The third-order valence-corrected chi connectivity index (χ3v) is 4.03. The van der Waals surface area contributed by atoms with Crippen LogP contribution < -0.4 is 16.0 Å². The molecule has 3 rings (SSSR count). The molecule has 22 heavy (non-hydrogen) atoms. The van der Waals surface area contributed by atoms with Crippen molar-refractivity contribution in [1.29, 1.82) is 0 Å². The number of carbonyl (C=O) groups excluding carboxylic acids is 1. The van der Waals surface area contributed by atoms with Crippen LogP contribution in [0.3, 0.4) is 0 Å². The molecule has 0 spiro atoms. The molecule has 4 heteroatoms. The van der Waals surface area contributed by atoms with E-state index in [2.05, 4.69) is 40.5 Å². The lowest BCUT2D eigenvalue weighted by atomic mass is 10.1. The minimum atomic E-state index is -0.513. The maximum Gasteiger partial charge on any atom is 0.241 e. The Hall–Kier alpha value is -2.33. The highest BCUT2D eigenvalue weighted by Gasteiger charge is 2.19. The first kappa shape index (κ1) is 14.6. The van der Waals surface area contributed by atoms with E-state index in [1.807, 2.05) is 18.2 Å².